The van der Waals surface area contributed by atoms with Gasteiger partial charge in [-0.2, -0.15) is 0 Å². The zero-order chi connectivity index (χ0) is 15.4. The zero-order valence-electron chi connectivity index (χ0n) is 11.4. The number of carboxylic acid groups (broad SMARTS) is 1. The van der Waals surface area contributed by atoms with Gasteiger partial charge in [0.1, 0.15) is 5.82 Å². The quantitative estimate of drug-likeness (QED) is 0.895. The van der Waals surface area contributed by atoms with Crippen molar-refractivity contribution in [2.45, 2.75) is 6.42 Å². The van der Waals surface area contributed by atoms with E-state index in [0.717, 1.165) is 0 Å². The van der Waals surface area contributed by atoms with Crippen molar-refractivity contribution in [3.63, 3.8) is 0 Å². The standard InChI is InChI=1S/C14H16BrFN2O3/c15-11-4-1-3-10(13(11)16)14(21)18-6-2-5-17(7-8-18)9-12(19)20/h1,3-4H,2,5-9H2,(H,19,20). The van der Waals surface area contributed by atoms with Crippen molar-refractivity contribution >= 4 is 27.8 Å². The van der Waals surface area contributed by atoms with Gasteiger partial charge in [-0.05, 0) is 34.5 Å². The summed E-state index contributed by atoms with van der Waals surface area (Å²) in [6.45, 7) is 1.97. The van der Waals surface area contributed by atoms with Gasteiger partial charge >= 0.3 is 5.97 Å². The molecule has 1 saturated heterocycles. The summed E-state index contributed by atoms with van der Waals surface area (Å²) in [6, 6.07) is 4.63. The van der Waals surface area contributed by atoms with Crippen LogP contribution in [0.15, 0.2) is 22.7 Å². The second-order valence-electron chi connectivity index (χ2n) is 4.92. The van der Waals surface area contributed by atoms with Crippen molar-refractivity contribution in [3.8, 4) is 0 Å². The molecule has 5 nitrogen and oxygen atoms in total. The van der Waals surface area contributed by atoms with E-state index in [1.54, 1.807) is 21.9 Å². The number of nitrogens with zero attached hydrogens (tertiary/aromatic N) is 2. The van der Waals surface area contributed by atoms with E-state index < -0.39 is 11.8 Å². The first kappa shape index (κ1) is 15.9. The summed E-state index contributed by atoms with van der Waals surface area (Å²) in [6.07, 6.45) is 0.675. The minimum atomic E-state index is -0.882. The first-order chi connectivity index (χ1) is 9.99. The van der Waals surface area contributed by atoms with Crippen molar-refractivity contribution in [2.24, 2.45) is 0 Å². The molecule has 0 aromatic heterocycles. The third-order valence-corrected chi connectivity index (χ3v) is 4.03. The number of carboxylic acids is 1. The predicted octanol–water partition coefficient (Wildman–Crippen LogP) is 1.82. The van der Waals surface area contributed by atoms with Crippen LogP contribution < -0.4 is 0 Å². The smallest absolute Gasteiger partial charge is 0.317 e. The topological polar surface area (TPSA) is 60.9 Å². The summed E-state index contributed by atoms with van der Waals surface area (Å²) >= 11 is 3.07. The average molecular weight is 359 g/mol. The van der Waals surface area contributed by atoms with E-state index in [1.165, 1.54) is 6.07 Å². The summed E-state index contributed by atoms with van der Waals surface area (Å²) in [5, 5.41) is 8.80. The molecule has 114 valence electrons. The highest BCUT2D eigenvalue weighted by Gasteiger charge is 2.23. The monoisotopic (exact) mass is 358 g/mol. The number of aliphatic carboxylic acids is 1. The van der Waals surface area contributed by atoms with Crippen LogP contribution in [0.2, 0.25) is 0 Å². The Labute approximate surface area is 130 Å². The van der Waals surface area contributed by atoms with Gasteiger partial charge in [-0.3, -0.25) is 14.5 Å². The number of benzene rings is 1. The predicted molar refractivity (Wildman–Crippen MR) is 78.7 cm³/mol. The second-order valence-corrected chi connectivity index (χ2v) is 5.77. The molecule has 1 aromatic rings. The van der Waals surface area contributed by atoms with Crippen LogP contribution in [0.3, 0.4) is 0 Å². The largest absolute Gasteiger partial charge is 0.480 e. The highest BCUT2D eigenvalue weighted by Crippen LogP contribution is 2.20. The van der Waals surface area contributed by atoms with Gasteiger partial charge in [0, 0.05) is 26.2 Å². The lowest BCUT2D eigenvalue weighted by molar-refractivity contribution is -0.138. The van der Waals surface area contributed by atoms with E-state index >= 15 is 0 Å². The minimum absolute atomic E-state index is 0.0344. The molecule has 0 spiro atoms. The van der Waals surface area contributed by atoms with Crippen LogP contribution in [-0.4, -0.2) is 59.5 Å². The molecule has 1 heterocycles. The maximum atomic E-state index is 14.0. The summed E-state index contributed by atoms with van der Waals surface area (Å²) in [4.78, 5) is 26.5. The summed E-state index contributed by atoms with van der Waals surface area (Å²) in [7, 11) is 0. The van der Waals surface area contributed by atoms with Crippen LogP contribution in [0.4, 0.5) is 4.39 Å². The summed E-state index contributed by atoms with van der Waals surface area (Å²) < 4.78 is 14.2. The van der Waals surface area contributed by atoms with Crippen molar-refractivity contribution in [2.75, 3.05) is 32.7 Å². The third-order valence-electron chi connectivity index (χ3n) is 3.42. The van der Waals surface area contributed by atoms with Gasteiger partial charge in [-0.15, -0.1) is 0 Å². The van der Waals surface area contributed by atoms with E-state index in [1.807, 2.05) is 0 Å². The number of amides is 1. The summed E-state index contributed by atoms with van der Waals surface area (Å²) in [5.74, 6) is -1.80. The first-order valence-electron chi connectivity index (χ1n) is 6.66. The number of hydrogen-bond donors (Lipinski definition) is 1. The number of rotatable bonds is 3. The van der Waals surface area contributed by atoms with E-state index in [-0.39, 0.29) is 22.5 Å². The molecular formula is C14H16BrFN2O3. The van der Waals surface area contributed by atoms with E-state index in [4.69, 9.17) is 5.11 Å². The maximum absolute atomic E-state index is 14.0. The molecule has 0 unspecified atom stereocenters. The Hall–Kier alpha value is -1.47. The molecule has 0 atom stereocenters. The fraction of sp³-hybridized carbons (Fsp3) is 0.429. The third kappa shape index (κ3) is 4.01. The number of hydrogen-bond acceptors (Lipinski definition) is 3. The van der Waals surface area contributed by atoms with Gasteiger partial charge in [0.2, 0.25) is 0 Å². The Kier molecular flexibility index (Phi) is 5.30. The molecule has 1 aromatic carbocycles. The fourth-order valence-corrected chi connectivity index (χ4v) is 2.73. The summed E-state index contributed by atoms with van der Waals surface area (Å²) in [5.41, 5.74) is 0.0380. The van der Waals surface area contributed by atoms with Gasteiger partial charge in [-0.1, -0.05) is 6.07 Å². The maximum Gasteiger partial charge on any atom is 0.317 e. The van der Waals surface area contributed by atoms with Crippen LogP contribution in [0.5, 0.6) is 0 Å². The van der Waals surface area contributed by atoms with Crippen LogP contribution in [0.25, 0.3) is 0 Å². The lowest BCUT2D eigenvalue weighted by atomic mass is 10.2. The average Bonchev–Trinajstić information content (AvgIpc) is 2.66. The molecular weight excluding hydrogens is 343 g/mol. The second kappa shape index (κ2) is 7.00. The van der Waals surface area contributed by atoms with Crippen molar-refractivity contribution in [1.82, 2.24) is 9.80 Å². The molecule has 1 fully saturated rings. The van der Waals surface area contributed by atoms with Gasteiger partial charge < -0.3 is 10.0 Å². The molecule has 21 heavy (non-hydrogen) atoms. The van der Waals surface area contributed by atoms with E-state index in [2.05, 4.69) is 15.9 Å². The molecule has 0 aliphatic carbocycles. The lowest BCUT2D eigenvalue weighted by Gasteiger charge is -2.21. The van der Waals surface area contributed by atoms with E-state index in [0.29, 0.717) is 32.6 Å². The van der Waals surface area contributed by atoms with Gasteiger partial charge in [-0.25, -0.2) is 4.39 Å². The van der Waals surface area contributed by atoms with Gasteiger partial charge in [0.25, 0.3) is 5.91 Å². The lowest BCUT2D eigenvalue weighted by Crippen LogP contribution is -2.37. The SMILES string of the molecule is O=C(O)CN1CCCN(C(=O)c2cccc(Br)c2F)CC1. The first-order valence-corrected chi connectivity index (χ1v) is 7.46. The normalized spacial score (nSPS) is 16.6. The minimum Gasteiger partial charge on any atom is -0.480 e. The molecule has 0 bridgehead atoms. The molecule has 1 aliphatic heterocycles. The molecule has 0 saturated carbocycles. The molecule has 0 radical (unpaired) electrons. The van der Waals surface area contributed by atoms with Crippen molar-refractivity contribution in [1.29, 1.82) is 0 Å². The van der Waals surface area contributed by atoms with Gasteiger partial charge in [0.05, 0.1) is 16.6 Å². The Morgan fingerprint density at radius 2 is 2.00 bits per heavy atom. The van der Waals surface area contributed by atoms with E-state index in [9.17, 15) is 14.0 Å². The Morgan fingerprint density at radius 1 is 1.24 bits per heavy atom. The molecule has 2 rings (SSSR count). The number of carbonyl (C=O) groups excluding carboxylic acids is 1. The molecule has 1 N–H and O–H groups in total. The molecule has 1 aliphatic rings. The number of halogens is 2. The fourth-order valence-electron chi connectivity index (χ4n) is 2.36. The highest BCUT2D eigenvalue weighted by molar-refractivity contribution is 9.10. The van der Waals surface area contributed by atoms with Crippen molar-refractivity contribution < 1.29 is 19.1 Å². The molecule has 7 heteroatoms. The Morgan fingerprint density at radius 3 is 2.71 bits per heavy atom. The van der Waals surface area contributed by atoms with Crippen molar-refractivity contribution in [3.05, 3.63) is 34.1 Å². The van der Waals surface area contributed by atoms with Crippen LogP contribution in [0, 0.1) is 5.82 Å². The highest BCUT2D eigenvalue weighted by atomic mass is 79.9. The zero-order valence-corrected chi connectivity index (χ0v) is 13.0. The Bertz CT molecular complexity index is 553. The number of carbonyl (C=O) groups is 2. The Balaban J connectivity index is 2.06. The van der Waals surface area contributed by atoms with Crippen LogP contribution >= 0.6 is 15.9 Å². The van der Waals surface area contributed by atoms with Gasteiger partial charge in [0.15, 0.2) is 0 Å². The molecule has 1 amide bonds. The van der Waals surface area contributed by atoms with Crippen LogP contribution in [-0.2, 0) is 4.79 Å². The van der Waals surface area contributed by atoms with Crippen LogP contribution in [0.1, 0.15) is 16.8 Å².